The Morgan fingerprint density at radius 1 is 1.00 bits per heavy atom. The maximum Gasteiger partial charge on any atom is 0.196 e. The molecule has 0 bridgehead atoms. The van der Waals surface area contributed by atoms with Crippen LogP contribution in [-0.2, 0) is 0 Å². The smallest absolute Gasteiger partial charge is 0.196 e. The van der Waals surface area contributed by atoms with E-state index in [-0.39, 0.29) is 5.78 Å². The molecule has 3 nitrogen and oxygen atoms in total. The molecule has 0 saturated carbocycles. The molecular weight excluding hydrogens is 303 g/mol. The molecule has 0 N–H and O–H groups in total. The molecule has 15 heavy (non-hydrogen) atoms. The summed E-state index contributed by atoms with van der Waals surface area (Å²) in [5.41, 5.74) is 1.17. The van der Waals surface area contributed by atoms with Gasteiger partial charge in [-0.15, -0.1) is 0 Å². The quantitative estimate of drug-likeness (QED) is 0.631. The molecule has 0 unspecified atom stereocenters. The van der Waals surface area contributed by atoms with Crippen molar-refractivity contribution in [1.29, 1.82) is 0 Å². The number of halogens is 1. The van der Waals surface area contributed by atoms with Gasteiger partial charge in [0.1, 0.15) is 6.33 Å². The summed E-state index contributed by atoms with van der Waals surface area (Å²) in [6, 6.07) is 7.41. The lowest BCUT2D eigenvalue weighted by Gasteiger charge is -1.99. The summed E-state index contributed by atoms with van der Waals surface area (Å²) in [5, 5.41) is 0. The van der Waals surface area contributed by atoms with Gasteiger partial charge in [0.2, 0.25) is 0 Å². The molecule has 1 aromatic carbocycles. The van der Waals surface area contributed by atoms with Crippen molar-refractivity contribution in [1.82, 2.24) is 9.97 Å². The van der Waals surface area contributed by atoms with Crippen LogP contribution in [0, 0.1) is 3.57 Å². The fourth-order valence-electron chi connectivity index (χ4n) is 1.18. The van der Waals surface area contributed by atoms with Gasteiger partial charge < -0.3 is 0 Å². The number of hydrogen-bond donors (Lipinski definition) is 0. The van der Waals surface area contributed by atoms with Crippen LogP contribution in [0.5, 0.6) is 0 Å². The van der Waals surface area contributed by atoms with Crippen molar-refractivity contribution in [3.8, 4) is 0 Å². The van der Waals surface area contributed by atoms with E-state index in [1.54, 1.807) is 12.1 Å². The largest absolute Gasteiger partial charge is 0.288 e. The summed E-state index contributed by atoms with van der Waals surface area (Å²) in [6.45, 7) is 0. The van der Waals surface area contributed by atoms with E-state index in [9.17, 15) is 4.79 Å². The van der Waals surface area contributed by atoms with E-state index in [1.807, 2.05) is 12.1 Å². The maximum absolute atomic E-state index is 11.9. The summed E-state index contributed by atoms with van der Waals surface area (Å²) in [4.78, 5) is 19.5. The van der Waals surface area contributed by atoms with Crippen LogP contribution in [0.2, 0.25) is 0 Å². The maximum atomic E-state index is 11.9. The summed E-state index contributed by atoms with van der Waals surface area (Å²) in [7, 11) is 0. The zero-order valence-electron chi connectivity index (χ0n) is 7.72. The fourth-order valence-corrected chi connectivity index (χ4v) is 1.54. The molecule has 0 amide bonds. The van der Waals surface area contributed by atoms with Gasteiger partial charge in [-0.05, 0) is 46.9 Å². The van der Waals surface area contributed by atoms with E-state index in [1.165, 1.54) is 18.7 Å². The Morgan fingerprint density at radius 2 is 1.60 bits per heavy atom. The zero-order chi connectivity index (χ0) is 10.7. The summed E-state index contributed by atoms with van der Waals surface area (Å²) < 4.78 is 1.11. The number of benzene rings is 1. The van der Waals surface area contributed by atoms with Crippen molar-refractivity contribution in [2.24, 2.45) is 0 Å². The second kappa shape index (κ2) is 4.48. The first-order chi connectivity index (χ1) is 7.27. The van der Waals surface area contributed by atoms with E-state index in [4.69, 9.17) is 0 Å². The van der Waals surface area contributed by atoms with Gasteiger partial charge in [0.25, 0.3) is 0 Å². The van der Waals surface area contributed by atoms with Crippen LogP contribution in [0.25, 0.3) is 0 Å². The van der Waals surface area contributed by atoms with Gasteiger partial charge in [-0.1, -0.05) is 0 Å². The molecule has 0 aliphatic carbocycles. The first-order valence-electron chi connectivity index (χ1n) is 4.32. The van der Waals surface area contributed by atoms with Crippen LogP contribution in [0.1, 0.15) is 15.9 Å². The molecule has 1 heterocycles. The summed E-state index contributed by atoms with van der Waals surface area (Å²) in [5.74, 6) is -0.0491. The number of rotatable bonds is 2. The average Bonchev–Trinajstić information content (AvgIpc) is 2.30. The van der Waals surface area contributed by atoms with Crippen LogP contribution in [-0.4, -0.2) is 15.8 Å². The molecule has 74 valence electrons. The van der Waals surface area contributed by atoms with Gasteiger partial charge in [-0.2, -0.15) is 0 Å². The molecule has 0 radical (unpaired) electrons. The molecule has 0 saturated heterocycles. The van der Waals surface area contributed by atoms with Gasteiger partial charge in [0.05, 0.1) is 5.56 Å². The Morgan fingerprint density at radius 3 is 2.20 bits per heavy atom. The average molecular weight is 310 g/mol. The Kier molecular flexibility index (Phi) is 3.05. The first kappa shape index (κ1) is 10.2. The predicted molar refractivity (Wildman–Crippen MR) is 64.6 cm³/mol. The van der Waals surface area contributed by atoms with Crippen LogP contribution in [0.3, 0.4) is 0 Å². The van der Waals surface area contributed by atoms with Gasteiger partial charge in [-0.3, -0.25) is 4.79 Å². The number of carbonyl (C=O) groups is 1. The number of ketones is 1. The van der Waals surface area contributed by atoms with E-state index in [0.717, 1.165) is 3.57 Å². The van der Waals surface area contributed by atoms with Gasteiger partial charge in [0, 0.05) is 21.5 Å². The van der Waals surface area contributed by atoms with Crippen LogP contribution >= 0.6 is 22.6 Å². The minimum atomic E-state index is -0.0491. The summed E-state index contributed by atoms with van der Waals surface area (Å²) in [6.07, 6.45) is 4.45. The number of aromatic nitrogens is 2. The van der Waals surface area contributed by atoms with Crippen LogP contribution in [0.15, 0.2) is 43.0 Å². The third-order valence-corrected chi connectivity index (χ3v) is 2.65. The molecule has 0 aliphatic heterocycles. The molecule has 2 rings (SSSR count). The molecule has 0 fully saturated rings. The highest BCUT2D eigenvalue weighted by Gasteiger charge is 2.08. The lowest BCUT2D eigenvalue weighted by Crippen LogP contribution is -2.02. The van der Waals surface area contributed by atoms with E-state index < -0.39 is 0 Å². The normalized spacial score (nSPS) is 9.93. The van der Waals surface area contributed by atoms with E-state index in [2.05, 4.69) is 32.6 Å². The Bertz CT molecular complexity index is 468. The second-order valence-corrected chi connectivity index (χ2v) is 4.21. The standard InChI is InChI=1S/C11H7IN2O/c12-10-3-1-8(2-4-10)11(15)9-5-13-7-14-6-9/h1-7H. The Labute approximate surface area is 101 Å². The number of hydrogen-bond acceptors (Lipinski definition) is 3. The van der Waals surface area contributed by atoms with Gasteiger partial charge >= 0.3 is 0 Å². The van der Waals surface area contributed by atoms with Crippen LogP contribution < -0.4 is 0 Å². The Hall–Kier alpha value is -1.30. The number of nitrogens with zero attached hydrogens (tertiary/aromatic N) is 2. The molecule has 0 aliphatic rings. The fraction of sp³-hybridized carbons (Fsp3) is 0. The zero-order valence-corrected chi connectivity index (χ0v) is 9.88. The van der Waals surface area contributed by atoms with Gasteiger partial charge in [-0.25, -0.2) is 9.97 Å². The first-order valence-corrected chi connectivity index (χ1v) is 5.40. The van der Waals surface area contributed by atoms with E-state index >= 15 is 0 Å². The van der Waals surface area contributed by atoms with Crippen molar-refractivity contribution >= 4 is 28.4 Å². The van der Waals surface area contributed by atoms with Crippen molar-refractivity contribution in [2.45, 2.75) is 0 Å². The van der Waals surface area contributed by atoms with Crippen molar-refractivity contribution in [2.75, 3.05) is 0 Å². The van der Waals surface area contributed by atoms with Crippen molar-refractivity contribution < 1.29 is 4.79 Å². The molecule has 0 spiro atoms. The highest BCUT2D eigenvalue weighted by molar-refractivity contribution is 14.1. The monoisotopic (exact) mass is 310 g/mol. The SMILES string of the molecule is O=C(c1ccc(I)cc1)c1cncnc1. The van der Waals surface area contributed by atoms with Crippen LogP contribution in [0.4, 0.5) is 0 Å². The highest BCUT2D eigenvalue weighted by atomic mass is 127. The second-order valence-electron chi connectivity index (χ2n) is 2.96. The predicted octanol–water partition coefficient (Wildman–Crippen LogP) is 2.31. The third-order valence-electron chi connectivity index (χ3n) is 1.93. The molecule has 1 aromatic heterocycles. The van der Waals surface area contributed by atoms with E-state index in [0.29, 0.717) is 11.1 Å². The Balaban J connectivity index is 2.33. The minimum absolute atomic E-state index is 0.0491. The topological polar surface area (TPSA) is 42.9 Å². The molecule has 2 aromatic rings. The van der Waals surface area contributed by atoms with Crippen molar-refractivity contribution in [3.05, 3.63) is 57.7 Å². The van der Waals surface area contributed by atoms with Crippen molar-refractivity contribution in [3.63, 3.8) is 0 Å². The van der Waals surface area contributed by atoms with Gasteiger partial charge in [0.15, 0.2) is 5.78 Å². The number of carbonyl (C=O) groups excluding carboxylic acids is 1. The minimum Gasteiger partial charge on any atom is -0.288 e. The molecular formula is C11H7IN2O. The lowest BCUT2D eigenvalue weighted by molar-refractivity contribution is 0.103. The summed E-state index contributed by atoms with van der Waals surface area (Å²) >= 11 is 2.20. The lowest BCUT2D eigenvalue weighted by atomic mass is 10.1. The molecule has 0 atom stereocenters. The molecule has 4 heteroatoms. The highest BCUT2D eigenvalue weighted by Crippen LogP contribution is 2.10. The third kappa shape index (κ3) is 2.38.